The van der Waals surface area contributed by atoms with Crippen LogP contribution in [0.4, 0.5) is 0 Å². The number of carboxylic acid groups (broad SMARTS) is 2. The van der Waals surface area contributed by atoms with Crippen molar-refractivity contribution in [3.8, 4) is 11.8 Å². The van der Waals surface area contributed by atoms with Crippen molar-refractivity contribution in [2.75, 3.05) is 26.2 Å². The zero-order valence-electron chi connectivity index (χ0n) is 17.1. The van der Waals surface area contributed by atoms with Crippen molar-refractivity contribution in [1.29, 1.82) is 5.26 Å². The minimum Gasteiger partial charge on any atom is -0.489 e. The molecule has 0 spiro atoms. The molecule has 0 aromatic heterocycles. The highest BCUT2D eigenvalue weighted by Crippen LogP contribution is 2.16. The van der Waals surface area contributed by atoms with Crippen LogP contribution in [0.15, 0.2) is 24.3 Å². The predicted molar refractivity (Wildman–Crippen MR) is 107 cm³/mol. The summed E-state index contributed by atoms with van der Waals surface area (Å²) in [4.78, 5) is 29.8. The average Bonchev–Trinajstić information content (AvgIpc) is 2.65. The summed E-state index contributed by atoms with van der Waals surface area (Å²) in [6.07, 6.45) is -0.694. The monoisotopic (exact) mass is 427 g/mol. The van der Waals surface area contributed by atoms with Gasteiger partial charge in [-0.3, -0.25) is 4.79 Å². The largest absolute Gasteiger partial charge is 0.489 e. The van der Waals surface area contributed by atoms with Gasteiger partial charge in [-0.15, -0.1) is 0 Å². The molecule has 0 bridgehead atoms. The molecular formula is C19H29N3O8. The summed E-state index contributed by atoms with van der Waals surface area (Å²) in [5, 5.41) is 39.4. The molecule has 11 nitrogen and oxygen atoms in total. The Morgan fingerprint density at radius 1 is 1.13 bits per heavy atom. The van der Waals surface area contributed by atoms with Crippen molar-refractivity contribution in [3.05, 3.63) is 29.8 Å². The molecule has 0 saturated heterocycles. The fraction of sp³-hybridized carbons (Fsp3) is 0.474. The van der Waals surface area contributed by atoms with E-state index in [4.69, 9.17) is 29.8 Å². The Hall–Kier alpha value is -3.20. The third-order valence-corrected chi connectivity index (χ3v) is 3.27. The molecule has 0 radical (unpaired) electrons. The number of hydrogen-bond acceptors (Lipinski definition) is 7. The second-order valence-corrected chi connectivity index (χ2v) is 6.89. The number of nitrogens with one attached hydrogen (secondary N) is 2. The van der Waals surface area contributed by atoms with Gasteiger partial charge in [0.05, 0.1) is 5.56 Å². The van der Waals surface area contributed by atoms with Gasteiger partial charge in [0.25, 0.3) is 0 Å². The normalized spacial score (nSPS) is 10.9. The number of nitriles is 1. The van der Waals surface area contributed by atoms with E-state index in [0.29, 0.717) is 30.9 Å². The van der Waals surface area contributed by atoms with Gasteiger partial charge in [-0.1, -0.05) is 32.9 Å². The molecule has 11 heteroatoms. The summed E-state index contributed by atoms with van der Waals surface area (Å²) < 4.78 is 5.45. The second-order valence-electron chi connectivity index (χ2n) is 6.89. The van der Waals surface area contributed by atoms with E-state index in [0.717, 1.165) is 0 Å². The fourth-order valence-electron chi connectivity index (χ4n) is 1.73. The van der Waals surface area contributed by atoms with Gasteiger partial charge in [-0.2, -0.15) is 5.26 Å². The number of hydrogen-bond donors (Lipinski definition) is 5. The number of carbonyl (C=O) groups excluding carboxylic acids is 1. The first-order valence-corrected chi connectivity index (χ1v) is 8.74. The van der Waals surface area contributed by atoms with Crippen molar-refractivity contribution in [2.24, 2.45) is 5.41 Å². The standard InChI is InChI=1S/C17H25N3O3.C2H2O4.H2O/c1-17(2,3)16(22)20-9-8-19-11-14(21)12-23-15-7-5-4-6-13(15)10-18;3-1(4)2(5)6;/h4-7,14,19,21H,8-9,11-12H2,1-3H3,(H,20,22);(H,3,4)(H,5,6);1H2. The van der Waals surface area contributed by atoms with Crippen molar-refractivity contribution in [3.63, 3.8) is 0 Å². The van der Waals surface area contributed by atoms with Crippen LogP contribution in [0.2, 0.25) is 0 Å². The van der Waals surface area contributed by atoms with Gasteiger partial charge in [-0.05, 0) is 12.1 Å². The summed E-state index contributed by atoms with van der Waals surface area (Å²) >= 11 is 0. The van der Waals surface area contributed by atoms with Crippen LogP contribution in [0.25, 0.3) is 0 Å². The summed E-state index contributed by atoms with van der Waals surface area (Å²) in [7, 11) is 0. The number of carboxylic acids is 2. The van der Waals surface area contributed by atoms with E-state index in [1.165, 1.54) is 0 Å². The number of carbonyl (C=O) groups is 3. The first-order valence-electron chi connectivity index (χ1n) is 8.74. The quantitative estimate of drug-likeness (QED) is 0.265. The number of rotatable bonds is 8. The minimum absolute atomic E-state index is 0. The number of aliphatic carboxylic acids is 2. The molecule has 1 rings (SSSR count). The molecule has 30 heavy (non-hydrogen) atoms. The Morgan fingerprint density at radius 3 is 2.20 bits per heavy atom. The number of ether oxygens (including phenoxy) is 1. The molecule has 168 valence electrons. The average molecular weight is 427 g/mol. The van der Waals surface area contributed by atoms with Gasteiger partial charge in [0.15, 0.2) is 0 Å². The smallest absolute Gasteiger partial charge is 0.414 e. The lowest BCUT2D eigenvalue weighted by molar-refractivity contribution is -0.159. The van der Waals surface area contributed by atoms with Gasteiger partial charge >= 0.3 is 11.9 Å². The van der Waals surface area contributed by atoms with Gasteiger partial charge < -0.3 is 36.2 Å². The second kappa shape index (κ2) is 14.7. The highest BCUT2D eigenvalue weighted by atomic mass is 16.5. The minimum atomic E-state index is -1.82. The molecule has 1 aromatic carbocycles. The van der Waals surface area contributed by atoms with Crippen molar-refractivity contribution < 1.29 is 39.9 Å². The highest BCUT2D eigenvalue weighted by molar-refractivity contribution is 6.27. The lowest BCUT2D eigenvalue weighted by Crippen LogP contribution is -2.40. The zero-order chi connectivity index (χ0) is 22.4. The SMILES string of the molecule is CC(C)(C)C(=O)NCCNCC(O)COc1ccccc1C#N.O.O=C(O)C(=O)O. The molecule has 0 aliphatic carbocycles. The number of nitrogens with zero attached hydrogens (tertiary/aromatic N) is 1. The number of amides is 1. The molecule has 0 aliphatic heterocycles. The van der Waals surface area contributed by atoms with E-state index < -0.39 is 23.5 Å². The van der Waals surface area contributed by atoms with E-state index in [-0.39, 0.29) is 18.0 Å². The molecule has 1 unspecified atom stereocenters. The third kappa shape index (κ3) is 13.1. The number of benzene rings is 1. The molecule has 0 fully saturated rings. The van der Waals surface area contributed by atoms with Crippen LogP contribution < -0.4 is 15.4 Å². The van der Waals surface area contributed by atoms with E-state index in [9.17, 15) is 9.90 Å². The Labute approximate surface area is 174 Å². The first-order chi connectivity index (χ1) is 13.5. The number of aliphatic hydroxyl groups is 1. The van der Waals surface area contributed by atoms with Crippen LogP contribution in [-0.4, -0.2) is 71.0 Å². The Bertz CT molecular complexity index is 713. The molecule has 1 aromatic rings. The molecule has 0 heterocycles. The maximum Gasteiger partial charge on any atom is 0.414 e. The number of para-hydroxylation sites is 1. The van der Waals surface area contributed by atoms with Crippen molar-refractivity contribution >= 4 is 17.8 Å². The Balaban J connectivity index is 0. The van der Waals surface area contributed by atoms with Crippen molar-refractivity contribution in [1.82, 2.24) is 10.6 Å². The van der Waals surface area contributed by atoms with Crippen LogP contribution in [0.5, 0.6) is 5.75 Å². The van der Waals surface area contributed by atoms with Gasteiger partial charge in [0.2, 0.25) is 5.91 Å². The lowest BCUT2D eigenvalue weighted by atomic mass is 9.96. The zero-order valence-corrected chi connectivity index (χ0v) is 17.1. The van der Waals surface area contributed by atoms with Crippen LogP contribution >= 0.6 is 0 Å². The van der Waals surface area contributed by atoms with E-state index in [2.05, 4.69) is 10.6 Å². The Kier molecular flexibility index (Phi) is 14.3. The topological polar surface area (TPSA) is 200 Å². The van der Waals surface area contributed by atoms with Gasteiger partial charge in [0.1, 0.15) is 24.5 Å². The van der Waals surface area contributed by atoms with E-state index in [1.54, 1.807) is 24.3 Å². The first kappa shape index (κ1) is 29.0. The molecular weight excluding hydrogens is 398 g/mol. The van der Waals surface area contributed by atoms with Crippen LogP contribution in [-0.2, 0) is 14.4 Å². The van der Waals surface area contributed by atoms with Crippen LogP contribution in [0.3, 0.4) is 0 Å². The summed E-state index contributed by atoms with van der Waals surface area (Å²) in [5.41, 5.74) is 0.0409. The molecule has 1 atom stereocenters. The predicted octanol–water partition coefficient (Wildman–Crippen LogP) is -0.619. The van der Waals surface area contributed by atoms with E-state index in [1.807, 2.05) is 26.8 Å². The van der Waals surface area contributed by atoms with Crippen LogP contribution in [0, 0.1) is 16.7 Å². The van der Waals surface area contributed by atoms with E-state index >= 15 is 0 Å². The van der Waals surface area contributed by atoms with Crippen molar-refractivity contribution in [2.45, 2.75) is 26.9 Å². The van der Waals surface area contributed by atoms with Gasteiger partial charge in [-0.25, -0.2) is 9.59 Å². The highest BCUT2D eigenvalue weighted by Gasteiger charge is 2.20. The van der Waals surface area contributed by atoms with Gasteiger partial charge in [0, 0.05) is 25.0 Å². The summed E-state index contributed by atoms with van der Waals surface area (Å²) in [5.74, 6) is -3.19. The number of aliphatic hydroxyl groups excluding tert-OH is 1. The molecule has 0 saturated carbocycles. The summed E-state index contributed by atoms with van der Waals surface area (Å²) in [6, 6.07) is 8.93. The summed E-state index contributed by atoms with van der Waals surface area (Å²) in [6.45, 7) is 7.08. The molecule has 1 amide bonds. The molecule has 7 N–H and O–H groups in total. The lowest BCUT2D eigenvalue weighted by Gasteiger charge is -2.18. The maximum absolute atomic E-state index is 11.6. The maximum atomic E-state index is 11.6. The molecule has 0 aliphatic rings. The Morgan fingerprint density at radius 2 is 1.70 bits per heavy atom. The van der Waals surface area contributed by atoms with Crippen LogP contribution in [0.1, 0.15) is 26.3 Å². The third-order valence-electron chi connectivity index (χ3n) is 3.27. The fourth-order valence-corrected chi connectivity index (χ4v) is 1.73.